The van der Waals surface area contributed by atoms with Gasteiger partial charge in [0.1, 0.15) is 17.8 Å². The van der Waals surface area contributed by atoms with E-state index in [1.165, 1.54) is 0 Å². The summed E-state index contributed by atoms with van der Waals surface area (Å²) < 4.78 is 36.8. The maximum absolute atomic E-state index is 11.5. The molecule has 18 heavy (non-hydrogen) atoms. The predicted octanol–water partition coefficient (Wildman–Crippen LogP) is 0.337. The number of hydrogen-bond donors (Lipinski definition) is 1. The third kappa shape index (κ3) is 2.43. The van der Waals surface area contributed by atoms with Gasteiger partial charge in [-0.1, -0.05) is 6.58 Å². The Morgan fingerprint density at radius 2 is 2.17 bits per heavy atom. The summed E-state index contributed by atoms with van der Waals surface area (Å²) in [4.78, 5) is 11.5. The number of carbonyl (C=O) groups excluding carboxylic acids is 1. The molecule has 0 aromatic heterocycles. The lowest BCUT2D eigenvalue weighted by atomic mass is 9.84. The van der Waals surface area contributed by atoms with E-state index >= 15 is 0 Å². The summed E-state index contributed by atoms with van der Waals surface area (Å²) in [6, 6.07) is 0. The normalized spacial score (nSPS) is 38.1. The first-order chi connectivity index (χ1) is 8.32. The molecular formula is C11H16O6S. The summed E-state index contributed by atoms with van der Waals surface area (Å²) in [6.45, 7) is 6.89. The molecule has 0 radical (unpaired) electrons. The summed E-state index contributed by atoms with van der Waals surface area (Å²) in [7, 11) is -2.88. The van der Waals surface area contributed by atoms with Crippen LogP contribution < -0.4 is 0 Å². The SMILES string of the molecule is C=C(C)C(=O)OC1(C)CC2OC1CC2O[SH](=O)=O. The van der Waals surface area contributed by atoms with Gasteiger partial charge in [-0.25, -0.2) is 13.2 Å². The van der Waals surface area contributed by atoms with Gasteiger partial charge >= 0.3 is 5.97 Å². The minimum Gasteiger partial charge on any atom is -0.453 e. The van der Waals surface area contributed by atoms with Gasteiger partial charge in [-0.05, 0) is 13.8 Å². The van der Waals surface area contributed by atoms with E-state index in [4.69, 9.17) is 13.7 Å². The highest BCUT2D eigenvalue weighted by atomic mass is 32.2. The van der Waals surface area contributed by atoms with Gasteiger partial charge in [-0.15, -0.1) is 0 Å². The van der Waals surface area contributed by atoms with Gasteiger partial charge in [0.25, 0.3) is 11.0 Å². The Hall–Kier alpha value is -0.920. The average molecular weight is 276 g/mol. The van der Waals surface area contributed by atoms with Crippen molar-refractivity contribution >= 4 is 17.0 Å². The third-order valence-corrected chi connectivity index (χ3v) is 3.83. The molecule has 4 atom stereocenters. The molecule has 4 unspecified atom stereocenters. The molecule has 0 amide bonds. The Morgan fingerprint density at radius 3 is 2.61 bits per heavy atom. The predicted molar refractivity (Wildman–Crippen MR) is 62.4 cm³/mol. The lowest BCUT2D eigenvalue weighted by Crippen LogP contribution is -2.45. The molecule has 0 spiro atoms. The van der Waals surface area contributed by atoms with Crippen LogP contribution in [0.3, 0.4) is 0 Å². The number of fused-ring (bicyclic) bond motifs is 2. The fourth-order valence-electron chi connectivity index (χ4n) is 2.45. The number of carbonyl (C=O) groups is 1. The smallest absolute Gasteiger partial charge is 0.333 e. The van der Waals surface area contributed by atoms with Crippen molar-refractivity contribution in [1.29, 1.82) is 0 Å². The second kappa shape index (κ2) is 4.64. The van der Waals surface area contributed by atoms with Crippen LogP contribution in [0, 0.1) is 0 Å². The Bertz CT molecular complexity index is 448. The molecule has 2 bridgehead atoms. The Morgan fingerprint density at radius 1 is 1.50 bits per heavy atom. The second-order valence-electron chi connectivity index (χ2n) is 4.95. The first-order valence-electron chi connectivity index (χ1n) is 5.67. The van der Waals surface area contributed by atoms with Gasteiger partial charge in [-0.3, -0.25) is 4.18 Å². The number of hydrogen-bond acceptors (Lipinski definition) is 6. The van der Waals surface area contributed by atoms with Crippen LogP contribution >= 0.6 is 0 Å². The van der Waals surface area contributed by atoms with Crippen molar-refractivity contribution in [3.63, 3.8) is 0 Å². The highest BCUT2D eigenvalue weighted by molar-refractivity contribution is 7.67. The van der Waals surface area contributed by atoms with Crippen LogP contribution in [0.15, 0.2) is 12.2 Å². The van der Waals surface area contributed by atoms with Crippen LogP contribution in [0.5, 0.6) is 0 Å². The van der Waals surface area contributed by atoms with Crippen molar-refractivity contribution < 1.29 is 26.9 Å². The monoisotopic (exact) mass is 276 g/mol. The maximum atomic E-state index is 11.5. The van der Waals surface area contributed by atoms with Gasteiger partial charge in [-0.2, -0.15) is 0 Å². The van der Waals surface area contributed by atoms with Gasteiger partial charge in [0.2, 0.25) is 0 Å². The van der Waals surface area contributed by atoms with E-state index in [9.17, 15) is 13.2 Å². The molecule has 0 N–H and O–H groups in total. The summed E-state index contributed by atoms with van der Waals surface area (Å²) in [5.74, 6) is -0.457. The molecule has 2 aliphatic rings. The second-order valence-corrected chi connectivity index (χ2v) is 5.61. The van der Waals surface area contributed by atoms with E-state index in [0.29, 0.717) is 18.4 Å². The van der Waals surface area contributed by atoms with Gasteiger partial charge in [0.15, 0.2) is 0 Å². The van der Waals surface area contributed by atoms with Crippen LogP contribution in [0.4, 0.5) is 0 Å². The summed E-state index contributed by atoms with van der Waals surface area (Å²) in [5.41, 5.74) is -0.399. The number of thiol groups is 1. The highest BCUT2D eigenvalue weighted by Crippen LogP contribution is 2.45. The molecule has 2 saturated heterocycles. The zero-order valence-electron chi connectivity index (χ0n) is 10.3. The Labute approximate surface area is 107 Å². The van der Waals surface area contributed by atoms with E-state index in [-0.39, 0.29) is 12.2 Å². The summed E-state index contributed by atoms with van der Waals surface area (Å²) in [5, 5.41) is 0. The van der Waals surface area contributed by atoms with E-state index in [1.54, 1.807) is 13.8 Å². The van der Waals surface area contributed by atoms with E-state index in [2.05, 4.69) is 6.58 Å². The molecule has 0 aliphatic carbocycles. The first-order valence-corrected chi connectivity index (χ1v) is 6.77. The molecule has 102 valence electrons. The minimum atomic E-state index is -2.88. The Balaban J connectivity index is 2.01. The fourth-order valence-corrected chi connectivity index (χ4v) is 2.89. The number of esters is 1. The molecule has 0 aromatic rings. The number of ether oxygens (including phenoxy) is 2. The molecule has 0 aromatic carbocycles. The third-order valence-electron chi connectivity index (χ3n) is 3.38. The molecule has 6 nitrogen and oxygen atoms in total. The number of rotatable bonds is 4. The van der Waals surface area contributed by atoms with Crippen LogP contribution in [0.1, 0.15) is 26.7 Å². The van der Waals surface area contributed by atoms with E-state index in [0.717, 1.165) is 0 Å². The zero-order chi connectivity index (χ0) is 13.5. The van der Waals surface area contributed by atoms with Crippen LogP contribution in [-0.4, -0.2) is 38.3 Å². The van der Waals surface area contributed by atoms with Crippen molar-refractivity contribution in [1.82, 2.24) is 0 Å². The molecule has 2 aliphatic heterocycles. The average Bonchev–Trinajstić information content (AvgIpc) is 2.73. The quantitative estimate of drug-likeness (QED) is 0.453. The molecular weight excluding hydrogens is 260 g/mol. The Kier molecular flexibility index (Phi) is 3.48. The first kappa shape index (κ1) is 13.5. The van der Waals surface area contributed by atoms with E-state index in [1.807, 2.05) is 0 Å². The molecule has 0 saturated carbocycles. The topological polar surface area (TPSA) is 78.9 Å². The van der Waals surface area contributed by atoms with Crippen molar-refractivity contribution in [3.8, 4) is 0 Å². The minimum absolute atomic E-state index is 0.328. The van der Waals surface area contributed by atoms with Crippen LogP contribution in [0.25, 0.3) is 0 Å². The van der Waals surface area contributed by atoms with E-state index < -0.39 is 28.7 Å². The standard InChI is InChI=1S/C11H16O6S/c1-6(2)10(12)16-11(3)5-8-7(17-18(13)14)4-9(11)15-8/h7-9,18H,1,4-5H2,2-3H3. The van der Waals surface area contributed by atoms with Crippen molar-refractivity contribution in [2.75, 3.05) is 0 Å². The van der Waals surface area contributed by atoms with Gasteiger partial charge in [0, 0.05) is 18.4 Å². The molecule has 2 heterocycles. The van der Waals surface area contributed by atoms with Crippen molar-refractivity contribution in [3.05, 3.63) is 12.2 Å². The maximum Gasteiger partial charge on any atom is 0.333 e. The lowest BCUT2D eigenvalue weighted by molar-refractivity contribution is -0.158. The van der Waals surface area contributed by atoms with Gasteiger partial charge in [0.05, 0.1) is 6.10 Å². The largest absolute Gasteiger partial charge is 0.453 e. The van der Waals surface area contributed by atoms with Crippen molar-refractivity contribution in [2.45, 2.75) is 50.6 Å². The molecule has 2 rings (SSSR count). The van der Waals surface area contributed by atoms with Crippen LogP contribution in [0.2, 0.25) is 0 Å². The lowest BCUT2D eigenvalue weighted by Gasteiger charge is -2.32. The van der Waals surface area contributed by atoms with Crippen LogP contribution in [-0.2, 0) is 29.4 Å². The highest BCUT2D eigenvalue weighted by Gasteiger charge is 2.57. The summed E-state index contributed by atoms with van der Waals surface area (Å²) in [6.07, 6.45) is -0.289. The van der Waals surface area contributed by atoms with Gasteiger partial charge < -0.3 is 9.47 Å². The van der Waals surface area contributed by atoms with Crippen molar-refractivity contribution in [2.24, 2.45) is 0 Å². The zero-order valence-corrected chi connectivity index (χ0v) is 11.1. The molecule has 2 fully saturated rings. The fraction of sp³-hybridized carbons (Fsp3) is 0.727. The summed E-state index contributed by atoms with van der Waals surface area (Å²) >= 11 is 0. The molecule has 7 heteroatoms.